The molecule has 0 heterocycles. The molecule has 1 aromatic carbocycles. The van der Waals surface area contributed by atoms with Gasteiger partial charge in [-0.15, -0.1) is 0 Å². The molecule has 0 aliphatic heterocycles. The Morgan fingerprint density at radius 2 is 2.00 bits per heavy atom. The predicted molar refractivity (Wildman–Crippen MR) is 70.1 cm³/mol. The molecule has 0 aliphatic carbocycles. The van der Waals surface area contributed by atoms with Crippen LogP contribution in [0.25, 0.3) is 0 Å². The van der Waals surface area contributed by atoms with E-state index in [2.05, 4.69) is 31.1 Å². The van der Waals surface area contributed by atoms with Crippen LogP contribution in [0, 0.1) is 0 Å². The zero-order valence-electron chi connectivity index (χ0n) is 10.4. The number of hydrogen-bond acceptors (Lipinski definition) is 2. The van der Waals surface area contributed by atoms with E-state index < -0.39 is 0 Å². The van der Waals surface area contributed by atoms with Gasteiger partial charge >= 0.3 is 0 Å². The highest BCUT2D eigenvalue weighted by Gasteiger charge is 2.08. The second-order valence-corrected chi connectivity index (χ2v) is 3.99. The molecule has 16 heavy (non-hydrogen) atoms. The van der Waals surface area contributed by atoms with Crippen molar-refractivity contribution in [2.75, 3.05) is 19.0 Å². The van der Waals surface area contributed by atoms with E-state index in [1.165, 1.54) is 0 Å². The van der Waals surface area contributed by atoms with Gasteiger partial charge in [0, 0.05) is 32.8 Å². The lowest BCUT2D eigenvalue weighted by molar-refractivity contribution is 0.0963. The number of carbonyl (C=O) groups is 1. The standard InChI is InChI=1S/C13H20N2O.H2/c1-5-10(2)15(4)12-8-6-11(7-9-12)13(16)14-3;/h6-10H,5H2,1-4H3,(H,14,16);1H. The zero-order valence-corrected chi connectivity index (χ0v) is 10.4. The Bertz CT molecular complexity index is 351. The number of amides is 1. The summed E-state index contributed by atoms with van der Waals surface area (Å²) in [6.07, 6.45) is 1.10. The molecular weight excluding hydrogens is 200 g/mol. The van der Waals surface area contributed by atoms with Crippen molar-refractivity contribution >= 4 is 11.6 Å². The maximum absolute atomic E-state index is 11.4. The normalized spacial score (nSPS) is 12.0. The van der Waals surface area contributed by atoms with Gasteiger partial charge in [0.05, 0.1) is 0 Å². The first-order valence-electron chi connectivity index (χ1n) is 5.65. The minimum absolute atomic E-state index is 0. The van der Waals surface area contributed by atoms with Crippen LogP contribution in [0.2, 0.25) is 0 Å². The summed E-state index contributed by atoms with van der Waals surface area (Å²) in [6.45, 7) is 4.35. The molecule has 0 bridgehead atoms. The van der Waals surface area contributed by atoms with E-state index in [9.17, 15) is 4.79 Å². The van der Waals surface area contributed by atoms with Gasteiger partial charge in [-0.1, -0.05) is 6.92 Å². The minimum Gasteiger partial charge on any atom is -0.372 e. The van der Waals surface area contributed by atoms with Crippen LogP contribution in [0.15, 0.2) is 24.3 Å². The van der Waals surface area contributed by atoms with Gasteiger partial charge in [-0.2, -0.15) is 0 Å². The SMILES string of the molecule is CCC(C)N(C)c1ccc(C(=O)NC)cc1.[HH]. The fourth-order valence-electron chi connectivity index (χ4n) is 1.52. The summed E-state index contributed by atoms with van der Waals surface area (Å²) >= 11 is 0. The number of anilines is 1. The summed E-state index contributed by atoms with van der Waals surface area (Å²) in [7, 11) is 3.71. The van der Waals surface area contributed by atoms with E-state index in [4.69, 9.17) is 0 Å². The van der Waals surface area contributed by atoms with Gasteiger partial charge in [0.15, 0.2) is 0 Å². The van der Waals surface area contributed by atoms with Crippen LogP contribution in [0.1, 0.15) is 32.1 Å². The van der Waals surface area contributed by atoms with Gasteiger partial charge in [-0.3, -0.25) is 4.79 Å². The van der Waals surface area contributed by atoms with Crippen LogP contribution in [-0.2, 0) is 0 Å². The zero-order chi connectivity index (χ0) is 12.1. The van der Waals surface area contributed by atoms with Gasteiger partial charge in [-0.25, -0.2) is 0 Å². The molecule has 3 nitrogen and oxygen atoms in total. The Kier molecular flexibility index (Phi) is 4.35. The van der Waals surface area contributed by atoms with E-state index in [0.717, 1.165) is 12.1 Å². The first kappa shape index (κ1) is 12.6. The number of carbonyl (C=O) groups excluding carboxylic acids is 1. The van der Waals surface area contributed by atoms with Crippen LogP contribution in [0.5, 0.6) is 0 Å². The van der Waals surface area contributed by atoms with Crippen molar-refractivity contribution in [3.8, 4) is 0 Å². The average molecular weight is 222 g/mol. The minimum atomic E-state index is -0.0438. The Hall–Kier alpha value is -1.51. The number of hydrogen-bond donors (Lipinski definition) is 1. The molecule has 3 heteroatoms. The molecule has 1 amide bonds. The van der Waals surface area contributed by atoms with Crippen molar-refractivity contribution in [3.63, 3.8) is 0 Å². The summed E-state index contributed by atoms with van der Waals surface area (Å²) in [6, 6.07) is 8.18. The summed E-state index contributed by atoms with van der Waals surface area (Å²) in [5, 5.41) is 2.61. The van der Waals surface area contributed by atoms with Crippen LogP contribution >= 0.6 is 0 Å². The highest BCUT2D eigenvalue weighted by Crippen LogP contribution is 2.17. The average Bonchev–Trinajstić information content (AvgIpc) is 2.36. The van der Waals surface area contributed by atoms with Crippen molar-refractivity contribution in [2.45, 2.75) is 26.3 Å². The summed E-state index contributed by atoms with van der Waals surface area (Å²) in [5.41, 5.74) is 1.84. The Morgan fingerprint density at radius 3 is 2.44 bits per heavy atom. The molecule has 90 valence electrons. The van der Waals surface area contributed by atoms with Gasteiger partial charge in [-0.05, 0) is 37.6 Å². The van der Waals surface area contributed by atoms with Gasteiger partial charge in [0.1, 0.15) is 0 Å². The molecule has 1 atom stereocenters. The van der Waals surface area contributed by atoms with Crippen LogP contribution in [0.4, 0.5) is 5.69 Å². The first-order chi connectivity index (χ1) is 7.60. The summed E-state index contributed by atoms with van der Waals surface area (Å²) < 4.78 is 0. The molecule has 0 spiro atoms. The smallest absolute Gasteiger partial charge is 0.251 e. The second-order valence-electron chi connectivity index (χ2n) is 3.99. The number of benzene rings is 1. The van der Waals surface area contributed by atoms with Gasteiger partial charge in [0.25, 0.3) is 5.91 Å². The molecule has 1 N–H and O–H groups in total. The number of nitrogens with zero attached hydrogens (tertiary/aromatic N) is 1. The second kappa shape index (κ2) is 5.54. The van der Waals surface area contributed by atoms with Crippen molar-refractivity contribution in [2.24, 2.45) is 0 Å². The molecule has 0 radical (unpaired) electrons. The predicted octanol–water partition coefficient (Wildman–Crippen LogP) is 2.53. The monoisotopic (exact) mass is 222 g/mol. The maximum Gasteiger partial charge on any atom is 0.251 e. The third kappa shape index (κ3) is 2.75. The van der Waals surface area contributed by atoms with E-state index >= 15 is 0 Å². The maximum atomic E-state index is 11.4. The van der Waals surface area contributed by atoms with Crippen LogP contribution < -0.4 is 10.2 Å². The van der Waals surface area contributed by atoms with Crippen molar-refractivity contribution < 1.29 is 6.22 Å². The molecule has 1 rings (SSSR count). The lowest BCUT2D eigenvalue weighted by atomic mass is 10.1. The van der Waals surface area contributed by atoms with Crippen molar-refractivity contribution in [1.29, 1.82) is 0 Å². The van der Waals surface area contributed by atoms with E-state index in [1.807, 2.05) is 24.3 Å². The summed E-state index contributed by atoms with van der Waals surface area (Å²) in [5.74, 6) is -0.0438. The van der Waals surface area contributed by atoms with Gasteiger partial charge in [0.2, 0.25) is 0 Å². The molecule has 0 fully saturated rings. The Balaban J connectivity index is 0.00000256. The largest absolute Gasteiger partial charge is 0.372 e. The molecule has 1 unspecified atom stereocenters. The highest BCUT2D eigenvalue weighted by atomic mass is 16.1. The fourth-order valence-corrected chi connectivity index (χ4v) is 1.52. The third-order valence-corrected chi connectivity index (χ3v) is 3.02. The van der Waals surface area contributed by atoms with E-state index in [-0.39, 0.29) is 7.33 Å². The van der Waals surface area contributed by atoms with Crippen LogP contribution in [0.3, 0.4) is 0 Å². The molecule has 1 aromatic rings. The van der Waals surface area contributed by atoms with Crippen LogP contribution in [-0.4, -0.2) is 26.0 Å². The molecule has 0 aromatic heterocycles. The molecule has 0 aliphatic rings. The third-order valence-electron chi connectivity index (χ3n) is 3.02. The molecule has 0 saturated heterocycles. The summed E-state index contributed by atoms with van der Waals surface area (Å²) in [4.78, 5) is 13.6. The van der Waals surface area contributed by atoms with Crippen molar-refractivity contribution in [3.05, 3.63) is 29.8 Å². The lowest BCUT2D eigenvalue weighted by Gasteiger charge is -2.26. The quantitative estimate of drug-likeness (QED) is 0.849. The molecular formula is C13H22N2O. The van der Waals surface area contributed by atoms with Gasteiger partial charge < -0.3 is 10.2 Å². The van der Waals surface area contributed by atoms with E-state index in [0.29, 0.717) is 11.6 Å². The van der Waals surface area contributed by atoms with Crippen molar-refractivity contribution in [1.82, 2.24) is 5.32 Å². The number of nitrogens with one attached hydrogen (secondary N) is 1. The fraction of sp³-hybridized carbons (Fsp3) is 0.462. The first-order valence-corrected chi connectivity index (χ1v) is 5.65. The molecule has 0 saturated carbocycles. The van der Waals surface area contributed by atoms with E-state index in [1.54, 1.807) is 7.05 Å². The Labute approximate surface area is 98.9 Å². The topological polar surface area (TPSA) is 32.3 Å². The number of rotatable bonds is 4. The highest BCUT2D eigenvalue weighted by molar-refractivity contribution is 5.94. The Morgan fingerprint density at radius 1 is 1.44 bits per heavy atom. The lowest BCUT2D eigenvalue weighted by Crippen LogP contribution is -2.28.